The number of hydrogen-bond donors (Lipinski definition) is 0. The Balaban J connectivity index is 1.34. The number of rotatable bonds is 4. The minimum atomic E-state index is 0.748. The number of pyridine rings is 1. The minimum Gasteiger partial charge on any atom is -0.353 e. The third-order valence-electron chi connectivity index (χ3n) is 6.78. The number of anilines is 1. The van der Waals surface area contributed by atoms with Crippen LogP contribution in [0.2, 0.25) is 0 Å². The first-order valence-corrected chi connectivity index (χ1v) is 13.4. The zero-order valence-electron chi connectivity index (χ0n) is 19.1. The van der Waals surface area contributed by atoms with E-state index in [0.29, 0.717) is 0 Å². The molecule has 1 aliphatic carbocycles. The first kappa shape index (κ1) is 21.1. The van der Waals surface area contributed by atoms with E-state index in [0.717, 1.165) is 72.1 Å². The van der Waals surface area contributed by atoms with Crippen molar-refractivity contribution in [2.45, 2.75) is 39.7 Å². The molecule has 6 nitrogen and oxygen atoms in total. The maximum absolute atomic E-state index is 5.16. The molecule has 5 heterocycles. The highest BCUT2D eigenvalue weighted by Crippen LogP contribution is 2.42. The number of nitrogens with zero attached hydrogens (tertiary/aromatic N) is 6. The fraction of sp³-hybridized carbons (Fsp3) is 0.440. The van der Waals surface area contributed by atoms with Crippen LogP contribution in [0.25, 0.3) is 21.6 Å². The highest BCUT2D eigenvalue weighted by molar-refractivity contribution is 7.19. The number of fused-ring (bicyclic) bond motifs is 3. The lowest BCUT2D eigenvalue weighted by atomic mass is 9.89. The third-order valence-corrected chi connectivity index (χ3v) is 8.75. The molecule has 0 aromatic carbocycles. The number of aromatic nitrogens is 4. The average Bonchev–Trinajstić information content (AvgIpc) is 3.41. The molecule has 4 aromatic heterocycles. The van der Waals surface area contributed by atoms with Crippen molar-refractivity contribution in [3.63, 3.8) is 0 Å². The standard InChI is InChI=1S/C25H28N6S2/c1-16-5-6-20-21(12-16)33-25-22(20)24(28-23(29-25)18-4-3-7-26-13-18)31-10-8-30(9-11-31)14-19-15-32-17(2)27-19/h3-4,7,13,15-16H,5-6,8-12,14H2,1-2H3/t16-/m1/s1. The molecule has 0 saturated carbocycles. The molecule has 0 N–H and O–H groups in total. The summed E-state index contributed by atoms with van der Waals surface area (Å²) in [5, 5.41) is 4.64. The van der Waals surface area contributed by atoms with E-state index in [4.69, 9.17) is 9.97 Å². The van der Waals surface area contributed by atoms with Crippen LogP contribution in [-0.2, 0) is 19.4 Å². The van der Waals surface area contributed by atoms with E-state index in [9.17, 15) is 0 Å². The zero-order chi connectivity index (χ0) is 22.4. The van der Waals surface area contributed by atoms with Crippen molar-refractivity contribution in [1.82, 2.24) is 24.8 Å². The molecule has 0 unspecified atom stereocenters. The number of aryl methyl sites for hydroxylation is 2. The van der Waals surface area contributed by atoms with Crippen LogP contribution >= 0.6 is 22.7 Å². The van der Waals surface area contributed by atoms with Crippen LogP contribution in [0.3, 0.4) is 0 Å². The fourth-order valence-corrected chi connectivity index (χ4v) is 6.98. The average molecular weight is 477 g/mol. The molecule has 1 fully saturated rings. The summed E-state index contributed by atoms with van der Waals surface area (Å²) in [7, 11) is 0. The van der Waals surface area contributed by atoms with E-state index >= 15 is 0 Å². The van der Waals surface area contributed by atoms with Crippen LogP contribution < -0.4 is 4.90 Å². The van der Waals surface area contributed by atoms with Crippen LogP contribution in [0, 0.1) is 12.8 Å². The summed E-state index contributed by atoms with van der Waals surface area (Å²) in [5.74, 6) is 2.66. The largest absolute Gasteiger partial charge is 0.353 e. The molecule has 1 atom stereocenters. The van der Waals surface area contributed by atoms with Gasteiger partial charge in [0.2, 0.25) is 0 Å². The SMILES string of the molecule is Cc1nc(CN2CCN(c3nc(-c4cccnc4)nc4sc5c(c34)CC[C@@H](C)C5)CC2)cs1. The second-order valence-corrected chi connectivity index (χ2v) is 11.4. The fourth-order valence-electron chi connectivity index (χ4n) is 5.00. The lowest BCUT2D eigenvalue weighted by molar-refractivity contribution is 0.247. The zero-order valence-corrected chi connectivity index (χ0v) is 20.8. The summed E-state index contributed by atoms with van der Waals surface area (Å²) in [6.07, 6.45) is 7.23. The summed E-state index contributed by atoms with van der Waals surface area (Å²) in [4.78, 5) is 26.8. The van der Waals surface area contributed by atoms with Gasteiger partial charge in [0.15, 0.2) is 5.82 Å². The molecule has 0 bridgehead atoms. The van der Waals surface area contributed by atoms with Gasteiger partial charge in [-0.1, -0.05) is 6.92 Å². The van der Waals surface area contributed by atoms with Crippen molar-refractivity contribution >= 4 is 38.7 Å². The molecule has 0 spiro atoms. The topological polar surface area (TPSA) is 58.0 Å². The summed E-state index contributed by atoms with van der Waals surface area (Å²) in [5.41, 5.74) is 3.68. The van der Waals surface area contributed by atoms with Crippen LogP contribution in [0.4, 0.5) is 5.82 Å². The molecule has 1 saturated heterocycles. The smallest absolute Gasteiger partial charge is 0.164 e. The van der Waals surface area contributed by atoms with Crippen molar-refractivity contribution < 1.29 is 0 Å². The van der Waals surface area contributed by atoms with Gasteiger partial charge < -0.3 is 4.90 Å². The van der Waals surface area contributed by atoms with Crippen molar-refractivity contribution in [3.8, 4) is 11.4 Å². The van der Waals surface area contributed by atoms with Gasteiger partial charge >= 0.3 is 0 Å². The Morgan fingerprint density at radius 1 is 1.12 bits per heavy atom. The quantitative estimate of drug-likeness (QED) is 0.415. The first-order valence-electron chi connectivity index (χ1n) is 11.7. The van der Waals surface area contributed by atoms with E-state index in [1.807, 2.05) is 23.6 Å². The maximum Gasteiger partial charge on any atom is 0.164 e. The number of hydrogen-bond acceptors (Lipinski definition) is 8. The molecule has 4 aromatic rings. The molecule has 6 rings (SSSR count). The van der Waals surface area contributed by atoms with Crippen molar-refractivity contribution in [2.75, 3.05) is 31.1 Å². The number of thiophene rings is 1. The van der Waals surface area contributed by atoms with Crippen molar-refractivity contribution in [3.05, 3.63) is 51.0 Å². The molecule has 0 amide bonds. The van der Waals surface area contributed by atoms with E-state index < -0.39 is 0 Å². The van der Waals surface area contributed by atoms with Gasteiger partial charge in [-0.15, -0.1) is 22.7 Å². The molecule has 1 aliphatic heterocycles. The van der Waals surface area contributed by atoms with Crippen LogP contribution in [-0.4, -0.2) is 51.0 Å². The van der Waals surface area contributed by atoms with Crippen molar-refractivity contribution in [1.29, 1.82) is 0 Å². The molecule has 8 heteroatoms. The summed E-state index contributed by atoms with van der Waals surface area (Å²) >= 11 is 3.62. The predicted octanol–water partition coefficient (Wildman–Crippen LogP) is 4.97. The molecule has 170 valence electrons. The lowest BCUT2D eigenvalue weighted by Crippen LogP contribution is -2.46. The molecular weight excluding hydrogens is 448 g/mol. The molecule has 33 heavy (non-hydrogen) atoms. The van der Waals surface area contributed by atoms with E-state index in [2.05, 4.69) is 45.1 Å². The molecular formula is C25H28N6S2. The predicted molar refractivity (Wildman–Crippen MR) is 136 cm³/mol. The Morgan fingerprint density at radius 2 is 2.00 bits per heavy atom. The molecule has 2 aliphatic rings. The summed E-state index contributed by atoms with van der Waals surface area (Å²) in [6, 6.07) is 4.02. The highest BCUT2D eigenvalue weighted by Gasteiger charge is 2.28. The van der Waals surface area contributed by atoms with Gasteiger partial charge in [0, 0.05) is 60.9 Å². The molecule has 0 radical (unpaired) electrons. The Hall–Kier alpha value is -2.42. The second-order valence-electron chi connectivity index (χ2n) is 9.27. The third kappa shape index (κ3) is 4.16. The van der Waals surface area contributed by atoms with Gasteiger partial charge in [0.25, 0.3) is 0 Å². The Kier molecular flexibility index (Phi) is 5.60. The van der Waals surface area contributed by atoms with E-state index in [1.165, 1.54) is 34.4 Å². The second kappa shape index (κ2) is 8.74. The summed E-state index contributed by atoms with van der Waals surface area (Å²) in [6.45, 7) is 9.37. The van der Waals surface area contributed by atoms with Gasteiger partial charge in [0.1, 0.15) is 10.6 Å². The van der Waals surface area contributed by atoms with E-state index in [1.54, 1.807) is 17.5 Å². The van der Waals surface area contributed by atoms with Gasteiger partial charge in [-0.05, 0) is 49.8 Å². The van der Waals surface area contributed by atoms with Gasteiger partial charge in [-0.25, -0.2) is 15.0 Å². The van der Waals surface area contributed by atoms with Gasteiger partial charge in [-0.2, -0.15) is 0 Å². The minimum absolute atomic E-state index is 0.748. The van der Waals surface area contributed by atoms with Crippen LogP contribution in [0.5, 0.6) is 0 Å². The maximum atomic E-state index is 5.16. The Bertz CT molecular complexity index is 1270. The number of thiazole rings is 1. The highest BCUT2D eigenvalue weighted by atomic mass is 32.1. The number of piperazine rings is 1. The van der Waals surface area contributed by atoms with E-state index in [-0.39, 0.29) is 0 Å². The Morgan fingerprint density at radius 3 is 2.76 bits per heavy atom. The van der Waals surface area contributed by atoms with Crippen molar-refractivity contribution in [2.24, 2.45) is 5.92 Å². The van der Waals surface area contributed by atoms with Gasteiger partial charge in [-0.3, -0.25) is 9.88 Å². The lowest BCUT2D eigenvalue weighted by Gasteiger charge is -2.35. The summed E-state index contributed by atoms with van der Waals surface area (Å²) < 4.78 is 0. The monoisotopic (exact) mass is 476 g/mol. The normalized spacial score (nSPS) is 19.2. The van der Waals surface area contributed by atoms with Crippen LogP contribution in [0.15, 0.2) is 29.9 Å². The van der Waals surface area contributed by atoms with Gasteiger partial charge in [0.05, 0.1) is 16.1 Å². The first-order chi connectivity index (χ1) is 16.1. The van der Waals surface area contributed by atoms with Crippen LogP contribution in [0.1, 0.15) is 34.5 Å². The Labute approximate surface area is 202 Å².